The molecule has 0 aromatic heterocycles. The van der Waals surface area contributed by atoms with E-state index in [0.717, 1.165) is 0 Å². The van der Waals surface area contributed by atoms with Crippen LogP contribution in [0.2, 0.25) is 0 Å². The Hall–Kier alpha value is 2.83. The third-order valence-corrected chi connectivity index (χ3v) is 0. The second kappa shape index (κ2) is 17.0. The normalized spacial score (nSPS) is 0. The van der Waals surface area contributed by atoms with Crippen LogP contribution in [0.3, 0.4) is 0 Å². The van der Waals surface area contributed by atoms with Gasteiger partial charge in [0.2, 0.25) is 0 Å². The van der Waals surface area contributed by atoms with Gasteiger partial charge in [0.05, 0.1) is 0 Å². The molecule has 0 aromatic carbocycles. The molecule has 0 aromatic rings. The van der Waals surface area contributed by atoms with Gasteiger partial charge in [-0.1, -0.05) is 0 Å². The quantitative estimate of drug-likeness (QED) is 0.350. The summed E-state index contributed by atoms with van der Waals surface area (Å²) in [4.78, 5) is 0. The van der Waals surface area contributed by atoms with Crippen molar-refractivity contribution in [1.29, 1.82) is 0 Å². The van der Waals surface area contributed by atoms with Crippen molar-refractivity contribution in [2.75, 3.05) is 0 Å². The van der Waals surface area contributed by atoms with Crippen LogP contribution in [0.15, 0.2) is 0 Å². The van der Waals surface area contributed by atoms with Crippen LogP contribution in [0, 0.1) is 0 Å². The van der Waals surface area contributed by atoms with Crippen LogP contribution < -0.4 is 0 Å². The molecule has 0 nitrogen and oxygen atoms in total. The minimum absolute atomic E-state index is 0. The van der Waals surface area contributed by atoms with E-state index in [2.05, 4.69) is 0 Å². The number of rotatable bonds is 0. The fraction of sp³-hybridized carbons (Fsp3) is 0. The zero-order chi connectivity index (χ0) is 0. The van der Waals surface area contributed by atoms with Gasteiger partial charge in [-0.05, 0) is 0 Å². The molecule has 0 heterocycles. The molecule has 0 amide bonds. The van der Waals surface area contributed by atoms with Gasteiger partial charge in [-0.3, -0.25) is 0 Å². The first kappa shape index (κ1) is 29.0. The average molecular weight is 161 g/mol. The average Bonchev–Trinajstić information content (AvgIpc) is 0. The molecule has 0 saturated heterocycles. The standard InChI is InChI=1S/ClH.GeH4.2Na.2H/h1H;1H4;;;;. The van der Waals surface area contributed by atoms with E-state index in [0.29, 0.717) is 0 Å². The van der Waals surface area contributed by atoms with Crippen LogP contribution in [0.25, 0.3) is 0 Å². The fourth-order valence-corrected chi connectivity index (χ4v) is 0. The first-order chi connectivity index (χ1) is 0. The topological polar surface area (TPSA) is 0 Å². The van der Waals surface area contributed by atoms with Crippen molar-refractivity contribution < 1.29 is 0 Å². The van der Waals surface area contributed by atoms with E-state index in [1.165, 1.54) is 0 Å². The van der Waals surface area contributed by atoms with Crippen molar-refractivity contribution in [3.05, 3.63) is 0 Å². The third kappa shape index (κ3) is 8.85. The van der Waals surface area contributed by atoms with Gasteiger partial charge in [-0.2, -0.15) is 0 Å². The second-order valence-electron chi connectivity index (χ2n) is 0. The first-order valence-corrected chi connectivity index (χ1v) is 0. The molecular formula is H7ClGeNa2. The molecule has 0 aliphatic heterocycles. The molecule has 0 spiro atoms. The predicted molar refractivity (Wildman–Crippen MR) is 32.9 cm³/mol. The molecule has 4 heteroatoms. The Bertz CT molecular complexity index is 6.00. The summed E-state index contributed by atoms with van der Waals surface area (Å²) < 4.78 is 0. The van der Waals surface area contributed by atoms with Crippen molar-refractivity contribution in [1.82, 2.24) is 0 Å². The SMILES string of the molecule is Cl.[GeH4].[NaH].[NaH]. The van der Waals surface area contributed by atoms with Crippen LogP contribution in [-0.4, -0.2) is 76.7 Å². The first-order valence-electron chi connectivity index (χ1n) is 0. The zero-order valence-corrected chi connectivity index (χ0v) is 1.22. The van der Waals surface area contributed by atoms with Gasteiger partial charge >= 0.3 is 76.7 Å². The van der Waals surface area contributed by atoms with Gasteiger partial charge in [0.15, 0.2) is 0 Å². The minimum atomic E-state index is 0. The van der Waals surface area contributed by atoms with Gasteiger partial charge in [-0.25, -0.2) is 0 Å². The molecule has 0 aliphatic rings. The fourth-order valence-electron chi connectivity index (χ4n) is 0. The number of hydrogen-bond donors (Lipinski definition) is 0. The molecule has 0 bridgehead atoms. The monoisotopic (exact) mass is 162 g/mol. The molecular weight excluding hydrogens is 154 g/mol. The Morgan fingerprint density at radius 2 is 0.750 bits per heavy atom. The Balaban J connectivity index is 0. The van der Waals surface area contributed by atoms with Gasteiger partial charge in [0, 0.05) is 0 Å². The van der Waals surface area contributed by atoms with Crippen LogP contribution in [0.4, 0.5) is 0 Å². The summed E-state index contributed by atoms with van der Waals surface area (Å²) in [6.07, 6.45) is 0. The Labute approximate surface area is 87.4 Å². The molecule has 0 fully saturated rings. The number of hydrogen-bond acceptors (Lipinski definition) is 0. The molecule has 0 rings (SSSR count). The van der Waals surface area contributed by atoms with Crippen molar-refractivity contribution in [2.24, 2.45) is 0 Å². The Morgan fingerprint density at radius 1 is 0.750 bits per heavy atom. The summed E-state index contributed by atoms with van der Waals surface area (Å²) in [5, 5.41) is 0. The van der Waals surface area contributed by atoms with Crippen LogP contribution in [0.5, 0.6) is 0 Å². The van der Waals surface area contributed by atoms with Crippen molar-refractivity contribution in [2.45, 2.75) is 0 Å². The van der Waals surface area contributed by atoms with Crippen LogP contribution in [0.1, 0.15) is 0 Å². The van der Waals surface area contributed by atoms with Crippen molar-refractivity contribution in [3.8, 4) is 0 Å². The summed E-state index contributed by atoms with van der Waals surface area (Å²) in [5.74, 6) is 0. The van der Waals surface area contributed by atoms with Crippen molar-refractivity contribution >= 4 is 89.1 Å². The predicted octanol–water partition coefficient (Wildman–Crippen LogP) is -2.33. The molecule has 0 aliphatic carbocycles. The van der Waals surface area contributed by atoms with Gasteiger partial charge in [0.25, 0.3) is 0 Å². The molecule has 0 radical (unpaired) electrons. The summed E-state index contributed by atoms with van der Waals surface area (Å²) in [5.41, 5.74) is 0. The van der Waals surface area contributed by atoms with E-state index in [1.807, 2.05) is 0 Å². The van der Waals surface area contributed by atoms with Gasteiger partial charge in [-0.15, -0.1) is 12.4 Å². The van der Waals surface area contributed by atoms with Crippen molar-refractivity contribution in [3.63, 3.8) is 0 Å². The summed E-state index contributed by atoms with van der Waals surface area (Å²) in [6.45, 7) is 0. The molecule has 0 saturated carbocycles. The number of halogens is 1. The van der Waals surface area contributed by atoms with Gasteiger partial charge in [0.1, 0.15) is 0 Å². The Kier molecular flexibility index (Phi) is 123. The molecule has 0 atom stereocenters. The molecule has 0 N–H and O–H groups in total. The summed E-state index contributed by atoms with van der Waals surface area (Å²) in [7, 11) is 0. The Morgan fingerprint density at radius 3 is 0.750 bits per heavy atom. The molecule has 4 heavy (non-hydrogen) atoms. The maximum atomic E-state index is 0. The van der Waals surface area contributed by atoms with E-state index >= 15 is 0 Å². The molecule has 0 unspecified atom stereocenters. The van der Waals surface area contributed by atoms with E-state index in [4.69, 9.17) is 0 Å². The van der Waals surface area contributed by atoms with Gasteiger partial charge < -0.3 is 0 Å². The van der Waals surface area contributed by atoms with E-state index in [9.17, 15) is 0 Å². The maximum absolute atomic E-state index is 0. The van der Waals surface area contributed by atoms with Crippen LogP contribution >= 0.6 is 12.4 Å². The third-order valence-electron chi connectivity index (χ3n) is 0. The molecule has 20 valence electrons. The van der Waals surface area contributed by atoms with Crippen LogP contribution in [-0.2, 0) is 0 Å². The van der Waals surface area contributed by atoms with E-state index in [-0.39, 0.29) is 89.1 Å². The summed E-state index contributed by atoms with van der Waals surface area (Å²) >= 11 is 0. The second-order valence-corrected chi connectivity index (χ2v) is 0. The van der Waals surface area contributed by atoms with E-state index < -0.39 is 0 Å². The van der Waals surface area contributed by atoms with E-state index in [1.54, 1.807) is 0 Å². The zero-order valence-electron chi connectivity index (χ0n) is 0.408. The summed E-state index contributed by atoms with van der Waals surface area (Å²) in [6, 6.07) is 0.